The van der Waals surface area contributed by atoms with E-state index in [9.17, 15) is 0 Å². The average molecular weight is 392 g/mol. The Hall–Kier alpha value is -3.32. The van der Waals surface area contributed by atoms with Crippen LogP contribution < -0.4 is 5.32 Å². The zero-order valence-corrected chi connectivity index (χ0v) is 17.8. The van der Waals surface area contributed by atoms with E-state index in [1.165, 1.54) is 39.1 Å². The number of benzene rings is 3. The number of hydrogen-bond donors (Lipinski definition) is 1. The Morgan fingerprint density at radius 1 is 0.900 bits per heavy atom. The van der Waals surface area contributed by atoms with Crippen molar-refractivity contribution in [1.82, 2.24) is 0 Å². The van der Waals surface area contributed by atoms with Gasteiger partial charge in [0.15, 0.2) is 0 Å². The van der Waals surface area contributed by atoms with Crippen LogP contribution in [0.2, 0.25) is 0 Å². The third-order valence-corrected chi connectivity index (χ3v) is 5.60. The Kier molecular flexibility index (Phi) is 6.29. The molecule has 0 fully saturated rings. The maximum atomic E-state index is 3.62. The number of anilines is 1. The standard InChI is InChI=1S/C29H29N/c1-3-23-11-17-27(18-12-23)30-28-19-13-24(14-20-28)21-29(25-7-5-4-6-8-25)26-15-9-22(2)10-16-26/h4-19,21,28,30H,3,20H2,1-2H3. The normalized spacial score (nSPS) is 16.3. The van der Waals surface area contributed by atoms with Crippen LogP contribution >= 0.6 is 0 Å². The molecule has 1 aliphatic carbocycles. The summed E-state index contributed by atoms with van der Waals surface area (Å²) in [6.07, 6.45) is 11.2. The molecule has 1 aliphatic rings. The Bertz CT molecular complexity index is 1050. The van der Waals surface area contributed by atoms with E-state index in [2.05, 4.69) is 122 Å². The summed E-state index contributed by atoms with van der Waals surface area (Å²) in [4.78, 5) is 0. The third kappa shape index (κ3) is 4.99. The molecule has 150 valence electrons. The van der Waals surface area contributed by atoms with Gasteiger partial charge in [0.2, 0.25) is 0 Å². The van der Waals surface area contributed by atoms with Crippen molar-refractivity contribution < 1.29 is 0 Å². The number of hydrogen-bond acceptors (Lipinski definition) is 1. The molecule has 0 radical (unpaired) electrons. The highest BCUT2D eigenvalue weighted by atomic mass is 14.9. The van der Waals surface area contributed by atoms with Crippen LogP contribution in [-0.2, 0) is 6.42 Å². The van der Waals surface area contributed by atoms with Gasteiger partial charge >= 0.3 is 0 Å². The monoisotopic (exact) mass is 391 g/mol. The number of allylic oxidation sites excluding steroid dienone is 3. The van der Waals surface area contributed by atoms with Crippen LogP contribution in [0.4, 0.5) is 5.69 Å². The lowest BCUT2D eigenvalue weighted by Crippen LogP contribution is -2.17. The van der Waals surface area contributed by atoms with Gasteiger partial charge in [-0.15, -0.1) is 0 Å². The molecule has 0 aliphatic heterocycles. The summed E-state index contributed by atoms with van der Waals surface area (Å²) in [5.74, 6) is 0. The van der Waals surface area contributed by atoms with Gasteiger partial charge in [0.25, 0.3) is 0 Å². The largest absolute Gasteiger partial charge is 0.379 e. The van der Waals surface area contributed by atoms with Gasteiger partial charge in [0.1, 0.15) is 0 Å². The number of nitrogens with one attached hydrogen (secondary N) is 1. The predicted molar refractivity (Wildman–Crippen MR) is 130 cm³/mol. The zero-order chi connectivity index (χ0) is 20.8. The first-order valence-electron chi connectivity index (χ1n) is 10.8. The molecule has 4 rings (SSSR count). The van der Waals surface area contributed by atoms with E-state index >= 15 is 0 Å². The summed E-state index contributed by atoms with van der Waals surface area (Å²) in [6.45, 7) is 4.32. The molecule has 1 heteroatoms. The van der Waals surface area contributed by atoms with Gasteiger partial charge in [-0.05, 0) is 65.8 Å². The van der Waals surface area contributed by atoms with Crippen LogP contribution in [0.3, 0.4) is 0 Å². The molecule has 0 aromatic heterocycles. The fourth-order valence-corrected chi connectivity index (χ4v) is 3.75. The lowest BCUT2D eigenvalue weighted by atomic mass is 9.93. The van der Waals surface area contributed by atoms with Crippen LogP contribution in [0.5, 0.6) is 0 Å². The second-order valence-corrected chi connectivity index (χ2v) is 7.89. The van der Waals surface area contributed by atoms with Crippen LogP contribution in [0.1, 0.15) is 35.6 Å². The smallest absolute Gasteiger partial charge is 0.0482 e. The quantitative estimate of drug-likeness (QED) is 0.463. The molecule has 0 saturated carbocycles. The van der Waals surface area contributed by atoms with E-state index in [0.29, 0.717) is 6.04 Å². The van der Waals surface area contributed by atoms with Crippen LogP contribution in [-0.4, -0.2) is 6.04 Å². The molecule has 0 saturated heterocycles. The molecule has 1 nitrogen and oxygen atoms in total. The summed E-state index contributed by atoms with van der Waals surface area (Å²) < 4.78 is 0. The van der Waals surface area contributed by atoms with Gasteiger partial charge in [-0.1, -0.05) is 97.4 Å². The fourth-order valence-electron chi connectivity index (χ4n) is 3.75. The zero-order valence-electron chi connectivity index (χ0n) is 17.8. The van der Waals surface area contributed by atoms with Crippen molar-refractivity contribution in [2.45, 2.75) is 32.7 Å². The third-order valence-electron chi connectivity index (χ3n) is 5.60. The van der Waals surface area contributed by atoms with E-state index in [0.717, 1.165) is 12.8 Å². The maximum absolute atomic E-state index is 3.62. The molecule has 0 amide bonds. The Morgan fingerprint density at radius 2 is 1.60 bits per heavy atom. The second kappa shape index (κ2) is 9.45. The highest BCUT2D eigenvalue weighted by molar-refractivity contribution is 5.82. The molecule has 0 heterocycles. The maximum Gasteiger partial charge on any atom is 0.0482 e. The predicted octanol–water partition coefficient (Wildman–Crippen LogP) is 7.36. The highest BCUT2D eigenvalue weighted by Crippen LogP contribution is 2.27. The van der Waals surface area contributed by atoms with Crippen LogP contribution in [0.25, 0.3) is 5.57 Å². The molecule has 1 unspecified atom stereocenters. The summed E-state index contributed by atoms with van der Waals surface area (Å²) in [6, 6.07) is 28.5. The molecule has 3 aromatic rings. The molecule has 0 spiro atoms. The first-order valence-corrected chi connectivity index (χ1v) is 10.8. The van der Waals surface area contributed by atoms with Crippen LogP contribution in [0, 0.1) is 6.92 Å². The molecule has 1 N–H and O–H groups in total. The summed E-state index contributed by atoms with van der Waals surface area (Å²) in [5, 5.41) is 3.62. The van der Waals surface area contributed by atoms with Gasteiger partial charge in [-0.2, -0.15) is 0 Å². The van der Waals surface area contributed by atoms with E-state index in [-0.39, 0.29) is 0 Å². The second-order valence-electron chi connectivity index (χ2n) is 7.89. The average Bonchev–Trinajstić information content (AvgIpc) is 2.80. The molecule has 0 bridgehead atoms. The fraction of sp³-hybridized carbons (Fsp3) is 0.172. The van der Waals surface area contributed by atoms with Gasteiger partial charge in [0, 0.05) is 11.7 Å². The minimum absolute atomic E-state index is 0.328. The minimum atomic E-state index is 0.328. The first-order chi connectivity index (χ1) is 14.7. The van der Waals surface area contributed by atoms with E-state index in [1.807, 2.05) is 0 Å². The SMILES string of the molecule is CCc1ccc(NC2C=CC(C=C(c3ccccc3)c3ccc(C)cc3)=CC2)cc1. The Morgan fingerprint density at radius 3 is 2.23 bits per heavy atom. The number of aryl methyl sites for hydroxylation is 2. The van der Waals surface area contributed by atoms with Gasteiger partial charge in [-0.25, -0.2) is 0 Å². The molecule has 3 aromatic carbocycles. The Labute approximate surface area is 180 Å². The topological polar surface area (TPSA) is 12.0 Å². The molecule has 30 heavy (non-hydrogen) atoms. The van der Waals surface area contributed by atoms with E-state index in [1.54, 1.807) is 0 Å². The van der Waals surface area contributed by atoms with Crippen molar-refractivity contribution >= 4 is 11.3 Å². The molecular formula is C29H29N. The summed E-state index contributed by atoms with van der Waals surface area (Å²) in [7, 11) is 0. The van der Waals surface area contributed by atoms with E-state index < -0.39 is 0 Å². The molecule has 1 atom stereocenters. The van der Waals surface area contributed by atoms with Gasteiger partial charge in [0.05, 0.1) is 0 Å². The van der Waals surface area contributed by atoms with Gasteiger partial charge < -0.3 is 5.32 Å². The van der Waals surface area contributed by atoms with E-state index in [4.69, 9.17) is 0 Å². The van der Waals surface area contributed by atoms with Crippen LogP contribution in [0.15, 0.2) is 109 Å². The summed E-state index contributed by atoms with van der Waals surface area (Å²) >= 11 is 0. The van der Waals surface area contributed by atoms with Crippen molar-refractivity contribution in [3.63, 3.8) is 0 Å². The van der Waals surface area contributed by atoms with Gasteiger partial charge in [-0.3, -0.25) is 0 Å². The minimum Gasteiger partial charge on any atom is -0.379 e. The Balaban J connectivity index is 1.53. The summed E-state index contributed by atoms with van der Waals surface area (Å²) in [5.41, 5.74) is 8.84. The van der Waals surface area contributed by atoms with Crippen molar-refractivity contribution in [2.24, 2.45) is 0 Å². The van der Waals surface area contributed by atoms with Crippen molar-refractivity contribution in [3.05, 3.63) is 131 Å². The first kappa shape index (κ1) is 20.0. The van der Waals surface area contributed by atoms with Crippen molar-refractivity contribution in [2.75, 3.05) is 5.32 Å². The lowest BCUT2D eigenvalue weighted by molar-refractivity contribution is 0.877. The molecular weight excluding hydrogens is 362 g/mol. The lowest BCUT2D eigenvalue weighted by Gasteiger charge is -2.19. The van der Waals surface area contributed by atoms with Crippen molar-refractivity contribution in [3.8, 4) is 0 Å². The highest BCUT2D eigenvalue weighted by Gasteiger charge is 2.10. The van der Waals surface area contributed by atoms with Crippen molar-refractivity contribution in [1.29, 1.82) is 0 Å². The number of rotatable bonds is 6.